The van der Waals surface area contributed by atoms with Crippen molar-refractivity contribution in [1.29, 1.82) is 5.26 Å². The smallest absolute Gasteiger partial charge is 0.211 e. The quantitative estimate of drug-likeness (QED) is 0.259. The highest BCUT2D eigenvalue weighted by Gasteiger charge is 2.27. The Morgan fingerprint density at radius 3 is 2.76 bits per heavy atom. The molecule has 9 heteroatoms. The summed E-state index contributed by atoms with van der Waals surface area (Å²) in [4.78, 5) is 12.7. The van der Waals surface area contributed by atoms with E-state index in [1.54, 1.807) is 18.7 Å². The van der Waals surface area contributed by atoms with Crippen LogP contribution in [0.5, 0.6) is 0 Å². The second-order valence-electron chi connectivity index (χ2n) is 8.42. The third-order valence-electron chi connectivity index (χ3n) is 6.16. The first kappa shape index (κ1) is 23.1. The normalized spacial score (nSPS) is 19.4. The van der Waals surface area contributed by atoms with Gasteiger partial charge in [0.05, 0.1) is 12.4 Å². The maximum atomic E-state index is 8.90. The largest absolute Gasteiger partial charge is 0.448 e. The number of anilines is 2. The zero-order valence-corrected chi connectivity index (χ0v) is 19.1. The van der Waals surface area contributed by atoms with E-state index in [-0.39, 0.29) is 6.10 Å². The Labute approximate surface area is 195 Å². The Hall–Kier alpha value is -3.09. The molecule has 176 valence electrons. The van der Waals surface area contributed by atoms with Gasteiger partial charge in [-0.05, 0) is 50.4 Å². The molecule has 1 atom stereocenters. The van der Waals surface area contributed by atoms with Crippen molar-refractivity contribution in [2.45, 2.75) is 38.2 Å². The minimum atomic E-state index is 0.198. The molecule has 1 unspecified atom stereocenters. The number of pyridine rings is 1. The zero-order valence-electron chi connectivity index (χ0n) is 19.1. The molecule has 2 aliphatic heterocycles. The van der Waals surface area contributed by atoms with Gasteiger partial charge in [0, 0.05) is 63.0 Å². The SMILES string of the molecule is N#CN=C(NCCCCCN1CCN(c2occc2C2CCCO2)CC1)Nc1ccncc1. The fourth-order valence-electron chi connectivity index (χ4n) is 4.39. The molecule has 4 rings (SSSR count). The van der Waals surface area contributed by atoms with Crippen molar-refractivity contribution < 1.29 is 9.15 Å². The van der Waals surface area contributed by atoms with Crippen molar-refractivity contribution in [1.82, 2.24) is 15.2 Å². The zero-order chi connectivity index (χ0) is 22.7. The number of furan rings is 1. The number of piperazine rings is 1. The number of aliphatic imine (C=N–C) groups is 1. The van der Waals surface area contributed by atoms with Crippen LogP contribution in [0.2, 0.25) is 0 Å². The maximum absolute atomic E-state index is 8.90. The molecule has 0 aliphatic carbocycles. The van der Waals surface area contributed by atoms with Gasteiger partial charge in [-0.15, -0.1) is 4.99 Å². The van der Waals surface area contributed by atoms with Crippen LogP contribution in [-0.2, 0) is 4.74 Å². The van der Waals surface area contributed by atoms with Crippen molar-refractivity contribution in [3.63, 3.8) is 0 Å². The molecule has 4 heterocycles. The predicted molar refractivity (Wildman–Crippen MR) is 128 cm³/mol. The summed E-state index contributed by atoms with van der Waals surface area (Å²) < 4.78 is 11.7. The van der Waals surface area contributed by atoms with Crippen LogP contribution in [0.25, 0.3) is 0 Å². The van der Waals surface area contributed by atoms with E-state index in [1.165, 1.54) is 5.56 Å². The lowest BCUT2D eigenvalue weighted by atomic mass is 10.1. The van der Waals surface area contributed by atoms with Gasteiger partial charge >= 0.3 is 0 Å². The molecule has 0 aromatic carbocycles. The van der Waals surface area contributed by atoms with Crippen LogP contribution in [0, 0.1) is 11.5 Å². The van der Waals surface area contributed by atoms with Crippen LogP contribution in [0.3, 0.4) is 0 Å². The predicted octanol–water partition coefficient (Wildman–Crippen LogP) is 3.36. The van der Waals surface area contributed by atoms with Crippen LogP contribution in [0.4, 0.5) is 11.6 Å². The number of unbranched alkanes of at least 4 members (excludes halogenated alkanes) is 2. The number of ether oxygens (including phenoxy) is 1. The molecule has 0 radical (unpaired) electrons. The van der Waals surface area contributed by atoms with Crippen molar-refractivity contribution in [2.24, 2.45) is 4.99 Å². The van der Waals surface area contributed by atoms with E-state index in [0.29, 0.717) is 5.96 Å². The van der Waals surface area contributed by atoms with E-state index < -0.39 is 0 Å². The average molecular weight is 452 g/mol. The van der Waals surface area contributed by atoms with Crippen LogP contribution in [0.1, 0.15) is 43.8 Å². The van der Waals surface area contributed by atoms with Crippen LogP contribution < -0.4 is 15.5 Å². The van der Waals surface area contributed by atoms with Gasteiger partial charge in [0.2, 0.25) is 18.0 Å². The maximum Gasteiger partial charge on any atom is 0.211 e. The minimum Gasteiger partial charge on any atom is -0.448 e. The second-order valence-corrected chi connectivity index (χ2v) is 8.42. The first-order valence-corrected chi connectivity index (χ1v) is 11.9. The number of hydrogen-bond acceptors (Lipinski definition) is 7. The summed E-state index contributed by atoms with van der Waals surface area (Å²) in [6, 6.07) is 5.75. The molecule has 0 bridgehead atoms. The standard InChI is InChI=1S/C24H33N7O2/c25-19-28-24(29-20-6-10-26-11-7-20)27-9-2-1-3-12-30-13-15-31(16-14-30)23-21(8-18-33-23)22-5-4-17-32-22/h6-8,10-11,18,22H,1-5,9,12-17H2,(H2,26,27,28,29). The van der Waals surface area contributed by atoms with Crippen molar-refractivity contribution >= 4 is 17.5 Å². The Bertz CT molecular complexity index is 910. The third-order valence-corrected chi connectivity index (χ3v) is 6.16. The number of nitriles is 1. The molecule has 0 saturated carbocycles. The van der Waals surface area contributed by atoms with Crippen molar-refractivity contribution in [3.8, 4) is 6.19 Å². The second kappa shape index (κ2) is 12.2. The number of nitrogens with one attached hydrogen (secondary N) is 2. The number of aromatic nitrogens is 1. The molecular formula is C24H33N7O2. The average Bonchev–Trinajstić information content (AvgIpc) is 3.54. The molecule has 0 amide bonds. The number of hydrogen-bond donors (Lipinski definition) is 2. The summed E-state index contributed by atoms with van der Waals surface area (Å²) in [6.07, 6.45) is 12.8. The van der Waals surface area contributed by atoms with Gasteiger partial charge in [0.25, 0.3) is 0 Å². The van der Waals surface area contributed by atoms with Gasteiger partial charge < -0.3 is 24.7 Å². The summed E-state index contributed by atoms with van der Waals surface area (Å²) in [6.45, 7) is 6.83. The highest BCUT2D eigenvalue weighted by molar-refractivity contribution is 5.94. The Morgan fingerprint density at radius 1 is 1.15 bits per heavy atom. The van der Waals surface area contributed by atoms with Gasteiger partial charge in [0.15, 0.2) is 0 Å². The molecule has 2 aromatic heterocycles. The number of rotatable bonds is 9. The van der Waals surface area contributed by atoms with E-state index in [1.807, 2.05) is 18.3 Å². The van der Waals surface area contributed by atoms with Crippen LogP contribution >= 0.6 is 0 Å². The fraction of sp³-hybridized carbons (Fsp3) is 0.542. The van der Waals surface area contributed by atoms with Crippen molar-refractivity contribution in [3.05, 3.63) is 42.4 Å². The van der Waals surface area contributed by atoms with Gasteiger partial charge in [-0.2, -0.15) is 5.26 Å². The van der Waals surface area contributed by atoms with E-state index in [0.717, 1.165) is 89.6 Å². The van der Waals surface area contributed by atoms with E-state index in [4.69, 9.17) is 14.4 Å². The van der Waals surface area contributed by atoms with Gasteiger partial charge in [-0.1, -0.05) is 6.42 Å². The minimum absolute atomic E-state index is 0.198. The molecule has 2 N–H and O–H groups in total. The lowest BCUT2D eigenvalue weighted by molar-refractivity contribution is 0.111. The first-order valence-electron chi connectivity index (χ1n) is 11.9. The van der Waals surface area contributed by atoms with E-state index in [2.05, 4.69) is 36.5 Å². The summed E-state index contributed by atoms with van der Waals surface area (Å²) in [5, 5.41) is 15.2. The summed E-state index contributed by atoms with van der Waals surface area (Å²) >= 11 is 0. The summed E-state index contributed by atoms with van der Waals surface area (Å²) in [5.74, 6) is 1.47. The first-order chi connectivity index (χ1) is 16.3. The van der Waals surface area contributed by atoms with Gasteiger partial charge in [-0.25, -0.2) is 0 Å². The number of guanidine groups is 1. The monoisotopic (exact) mass is 451 g/mol. The molecule has 33 heavy (non-hydrogen) atoms. The molecule has 2 aromatic rings. The Morgan fingerprint density at radius 2 is 2.00 bits per heavy atom. The van der Waals surface area contributed by atoms with E-state index >= 15 is 0 Å². The van der Waals surface area contributed by atoms with Crippen LogP contribution in [-0.4, -0.2) is 61.7 Å². The summed E-state index contributed by atoms with van der Waals surface area (Å²) in [5.41, 5.74) is 2.06. The molecule has 0 spiro atoms. The highest BCUT2D eigenvalue weighted by atomic mass is 16.5. The molecule has 9 nitrogen and oxygen atoms in total. The molecule has 2 aliphatic rings. The Kier molecular flexibility index (Phi) is 8.55. The molecule has 2 saturated heterocycles. The number of nitrogens with zero attached hydrogens (tertiary/aromatic N) is 5. The van der Waals surface area contributed by atoms with E-state index in [9.17, 15) is 0 Å². The third kappa shape index (κ3) is 6.70. The fourth-order valence-corrected chi connectivity index (χ4v) is 4.39. The lowest BCUT2D eigenvalue weighted by Gasteiger charge is -2.35. The topological polar surface area (TPSA) is 102 Å². The Balaban J connectivity index is 1.11. The van der Waals surface area contributed by atoms with Crippen molar-refractivity contribution in [2.75, 3.05) is 56.1 Å². The molecular weight excluding hydrogens is 418 g/mol. The highest BCUT2D eigenvalue weighted by Crippen LogP contribution is 2.36. The summed E-state index contributed by atoms with van der Waals surface area (Å²) in [7, 11) is 0. The van der Waals surface area contributed by atoms with Gasteiger partial charge in [0.1, 0.15) is 0 Å². The lowest BCUT2D eigenvalue weighted by Crippen LogP contribution is -2.46. The molecule has 2 fully saturated rings. The van der Waals surface area contributed by atoms with Gasteiger partial charge in [-0.3, -0.25) is 9.88 Å². The van der Waals surface area contributed by atoms with Crippen LogP contribution in [0.15, 0.2) is 46.3 Å².